The highest BCUT2D eigenvalue weighted by Gasteiger charge is 2.14. The predicted molar refractivity (Wildman–Crippen MR) is 67.5 cm³/mol. The molecule has 0 saturated heterocycles. The average molecular weight is 259 g/mol. The molecule has 19 heavy (non-hydrogen) atoms. The van der Waals surface area contributed by atoms with Crippen LogP contribution in [0.3, 0.4) is 0 Å². The van der Waals surface area contributed by atoms with Gasteiger partial charge >= 0.3 is 5.97 Å². The Kier molecular flexibility index (Phi) is 2.38. The highest BCUT2D eigenvalue weighted by Crippen LogP contribution is 2.27. The largest absolute Gasteiger partial charge is 0.477 e. The molecule has 0 aliphatic rings. The highest BCUT2D eigenvalue weighted by molar-refractivity contribution is 5.89. The van der Waals surface area contributed by atoms with E-state index in [1.807, 2.05) is 13.0 Å². The summed E-state index contributed by atoms with van der Waals surface area (Å²) in [6, 6.07) is 6.18. The molecule has 0 saturated carbocycles. The van der Waals surface area contributed by atoms with E-state index >= 15 is 0 Å². The van der Waals surface area contributed by atoms with Crippen LogP contribution in [0.4, 0.5) is 4.39 Å². The minimum absolute atomic E-state index is 0.0721. The smallest absolute Gasteiger partial charge is 0.353 e. The molecule has 0 fully saturated rings. The molecular formula is C13H10FN3O2. The van der Waals surface area contributed by atoms with Gasteiger partial charge < -0.3 is 10.1 Å². The van der Waals surface area contributed by atoms with Crippen LogP contribution in [0.15, 0.2) is 24.3 Å². The third-order valence-corrected chi connectivity index (χ3v) is 2.93. The number of hydrogen-bond acceptors (Lipinski definition) is 2. The normalized spacial score (nSPS) is 11.1. The van der Waals surface area contributed by atoms with Crippen LogP contribution < -0.4 is 0 Å². The van der Waals surface area contributed by atoms with Crippen LogP contribution in [0.25, 0.3) is 22.2 Å². The topological polar surface area (TPSA) is 81.8 Å². The van der Waals surface area contributed by atoms with Gasteiger partial charge in [-0.3, -0.25) is 5.10 Å². The zero-order valence-corrected chi connectivity index (χ0v) is 9.99. The van der Waals surface area contributed by atoms with Gasteiger partial charge in [-0.25, -0.2) is 9.18 Å². The number of carbonyl (C=O) groups is 1. The maximum atomic E-state index is 14.0. The fourth-order valence-corrected chi connectivity index (χ4v) is 2.06. The number of halogens is 1. The standard InChI is InChI=1S/C13H10FN3O2/c1-6-2-7-3-9(14)8(4-10(7)15-6)11-5-12(13(18)19)17-16-11/h2-5,15H,1H3,(H,16,17)(H,18,19). The van der Waals surface area contributed by atoms with Crippen LogP contribution in [0.1, 0.15) is 16.2 Å². The lowest BCUT2D eigenvalue weighted by atomic mass is 10.1. The summed E-state index contributed by atoms with van der Waals surface area (Å²) in [4.78, 5) is 13.9. The SMILES string of the molecule is Cc1cc2cc(F)c(-c3cc(C(=O)O)[nH]n3)cc2[nH]1. The van der Waals surface area contributed by atoms with Crippen molar-refractivity contribution in [1.82, 2.24) is 15.2 Å². The molecule has 2 aromatic heterocycles. The van der Waals surface area contributed by atoms with E-state index in [0.717, 1.165) is 16.6 Å². The molecule has 1 aromatic carbocycles. The van der Waals surface area contributed by atoms with Gasteiger partial charge in [0.05, 0.1) is 5.69 Å². The summed E-state index contributed by atoms with van der Waals surface area (Å²) in [5.41, 5.74) is 2.17. The lowest BCUT2D eigenvalue weighted by Gasteiger charge is -1.99. The fourth-order valence-electron chi connectivity index (χ4n) is 2.06. The minimum Gasteiger partial charge on any atom is -0.477 e. The molecule has 0 amide bonds. The zero-order chi connectivity index (χ0) is 13.6. The number of aryl methyl sites for hydroxylation is 1. The molecule has 6 heteroatoms. The van der Waals surface area contributed by atoms with Crippen LogP contribution in [-0.2, 0) is 0 Å². The zero-order valence-electron chi connectivity index (χ0n) is 9.99. The first kappa shape index (κ1) is 11.5. The van der Waals surface area contributed by atoms with Crippen molar-refractivity contribution in [3.8, 4) is 11.3 Å². The first-order valence-corrected chi connectivity index (χ1v) is 5.62. The van der Waals surface area contributed by atoms with Crippen LogP contribution in [0.2, 0.25) is 0 Å². The van der Waals surface area contributed by atoms with Gasteiger partial charge in [-0.15, -0.1) is 0 Å². The number of aromatic nitrogens is 3. The van der Waals surface area contributed by atoms with Crippen molar-refractivity contribution in [3.63, 3.8) is 0 Å². The minimum atomic E-state index is -1.13. The fraction of sp³-hybridized carbons (Fsp3) is 0.0769. The number of fused-ring (bicyclic) bond motifs is 1. The average Bonchev–Trinajstić information content (AvgIpc) is 2.92. The summed E-state index contributed by atoms with van der Waals surface area (Å²) in [5.74, 6) is -1.56. The van der Waals surface area contributed by atoms with Gasteiger partial charge in [0.25, 0.3) is 0 Å². The van der Waals surface area contributed by atoms with E-state index in [9.17, 15) is 9.18 Å². The molecule has 0 atom stereocenters. The van der Waals surface area contributed by atoms with E-state index in [0.29, 0.717) is 0 Å². The molecule has 0 aliphatic heterocycles. The van der Waals surface area contributed by atoms with Crippen molar-refractivity contribution < 1.29 is 14.3 Å². The number of rotatable bonds is 2. The molecule has 3 aromatic rings. The van der Waals surface area contributed by atoms with Crippen molar-refractivity contribution in [1.29, 1.82) is 0 Å². The van der Waals surface area contributed by atoms with Crippen LogP contribution in [-0.4, -0.2) is 26.3 Å². The predicted octanol–water partition coefficient (Wildman–Crippen LogP) is 2.70. The van der Waals surface area contributed by atoms with Crippen molar-refractivity contribution >= 4 is 16.9 Å². The molecular weight excluding hydrogens is 249 g/mol. The maximum absolute atomic E-state index is 14.0. The van der Waals surface area contributed by atoms with Crippen molar-refractivity contribution in [2.75, 3.05) is 0 Å². The second-order valence-electron chi connectivity index (χ2n) is 4.34. The monoisotopic (exact) mass is 259 g/mol. The van der Waals surface area contributed by atoms with E-state index < -0.39 is 11.8 Å². The van der Waals surface area contributed by atoms with Crippen LogP contribution >= 0.6 is 0 Å². The highest BCUT2D eigenvalue weighted by atomic mass is 19.1. The Hall–Kier alpha value is -2.63. The van der Waals surface area contributed by atoms with Gasteiger partial charge in [0.2, 0.25) is 0 Å². The van der Waals surface area contributed by atoms with E-state index in [4.69, 9.17) is 5.11 Å². The molecule has 2 heterocycles. The lowest BCUT2D eigenvalue weighted by molar-refractivity contribution is 0.0690. The van der Waals surface area contributed by atoms with Crippen molar-refractivity contribution in [2.45, 2.75) is 6.92 Å². The molecule has 0 radical (unpaired) electrons. The number of benzene rings is 1. The van der Waals surface area contributed by atoms with Gasteiger partial charge in [-0.05, 0) is 31.2 Å². The maximum Gasteiger partial charge on any atom is 0.353 e. The number of hydrogen-bond donors (Lipinski definition) is 3. The van der Waals surface area contributed by atoms with E-state index in [1.54, 1.807) is 6.07 Å². The number of aromatic amines is 2. The lowest BCUT2D eigenvalue weighted by Crippen LogP contribution is -1.95. The Morgan fingerprint density at radius 3 is 2.79 bits per heavy atom. The first-order chi connectivity index (χ1) is 9.04. The summed E-state index contributed by atoms with van der Waals surface area (Å²) in [5, 5.41) is 15.8. The van der Waals surface area contributed by atoms with E-state index in [1.165, 1.54) is 12.1 Å². The second-order valence-corrected chi connectivity index (χ2v) is 4.34. The summed E-state index contributed by atoms with van der Waals surface area (Å²) in [6.07, 6.45) is 0. The van der Waals surface area contributed by atoms with Gasteiger partial charge in [0.15, 0.2) is 0 Å². The molecule has 3 rings (SSSR count). The molecule has 5 nitrogen and oxygen atoms in total. The Morgan fingerprint density at radius 1 is 1.32 bits per heavy atom. The van der Waals surface area contributed by atoms with Crippen LogP contribution in [0, 0.1) is 12.7 Å². The molecule has 0 bridgehead atoms. The third kappa shape index (κ3) is 1.87. The third-order valence-electron chi connectivity index (χ3n) is 2.93. The molecule has 0 spiro atoms. The molecule has 0 aliphatic carbocycles. The van der Waals surface area contributed by atoms with Crippen molar-refractivity contribution in [2.24, 2.45) is 0 Å². The quantitative estimate of drug-likeness (QED) is 0.661. The van der Waals surface area contributed by atoms with E-state index in [2.05, 4.69) is 15.2 Å². The number of carboxylic acids is 1. The summed E-state index contributed by atoms with van der Waals surface area (Å²) in [7, 11) is 0. The van der Waals surface area contributed by atoms with Gasteiger partial charge in [0, 0.05) is 22.2 Å². The Balaban J connectivity index is 2.17. The Bertz CT molecular complexity index is 788. The summed E-state index contributed by atoms with van der Waals surface area (Å²) >= 11 is 0. The van der Waals surface area contributed by atoms with Crippen molar-refractivity contribution in [3.05, 3.63) is 41.5 Å². The number of aromatic carboxylic acids is 1. The molecule has 96 valence electrons. The first-order valence-electron chi connectivity index (χ1n) is 5.62. The Labute approximate surface area is 107 Å². The second kappa shape index (κ2) is 3.94. The molecule has 3 N–H and O–H groups in total. The van der Waals surface area contributed by atoms with Gasteiger partial charge in [0.1, 0.15) is 11.5 Å². The van der Waals surface area contributed by atoms with E-state index in [-0.39, 0.29) is 17.0 Å². The summed E-state index contributed by atoms with van der Waals surface area (Å²) in [6.45, 7) is 1.88. The number of H-pyrrole nitrogens is 2. The molecule has 0 unspecified atom stereocenters. The summed E-state index contributed by atoms with van der Waals surface area (Å²) < 4.78 is 14.0. The van der Waals surface area contributed by atoms with Gasteiger partial charge in [-0.1, -0.05) is 0 Å². The van der Waals surface area contributed by atoms with Crippen LogP contribution in [0.5, 0.6) is 0 Å². The number of nitrogens with zero attached hydrogens (tertiary/aromatic N) is 1. The van der Waals surface area contributed by atoms with Gasteiger partial charge in [-0.2, -0.15) is 5.10 Å². The number of carboxylic acid groups (broad SMARTS) is 1. The Morgan fingerprint density at radius 2 is 2.11 bits per heavy atom. The number of nitrogens with one attached hydrogen (secondary N) is 2.